The summed E-state index contributed by atoms with van der Waals surface area (Å²) in [6.45, 7) is 6.46. The van der Waals surface area contributed by atoms with E-state index in [0.717, 1.165) is 80.6 Å². The van der Waals surface area contributed by atoms with E-state index in [2.05, 4.69) is 37.3 Å². The van der Waals surface area contributed by atoms with E-state index in [9.17, 15) is 14.3 Å². The van der Waals surface area contributed by atoms with Gasteiger partial charge in [0.2, 0.25) is 0 Å². The Morgan fingerprint density at radius 3 is 2.44 bits per heavy atom. The second kappa shape index (κ2) is 14.7. The molecule has 0 spiro atoms. The second-order valence-corrected chi connectivity index (χ2v) is 13.8. The van der Waals surface area contributed by atoms with Crippen LogP contribution in [0.4, 0.5) is 20.2 Å². The normalized spacial score (nSPS) is 24.0. The topological polar surface area (TPSA) is 105 Å². The largest absolute Gasteiger partial charge is 0.493 e. The molecule has 1 amide bonds. The summed E-state index contributed by atoms with van der Waals surface area (Å²) in [4.78, 5) is 21.5. The van der Waals surface area contributed by atoms with Gasteiger partial charge < -0.3 is 29.7 Å². The summed E-state index contributed by atoms with van der Waals surface area (Å²) in [5, 5.41) is 17.4. The minimum Gasteiger partial charge on any atom is -0.493 e. The van der Waals surface area contributed by atoms with Gasteiger partial charge >= 0.3 is 0 Å². The molecule has 0 bridgehead atoms. The van der Waals surface area contributed by atoms with Crippen LogP contribution in [0, 0.1) is 24.5 Å². The number of benzene rings is 3. The molecule has 12 heteroatoms. The van der Waals surface area contributed by atoms with Gasteiger partial charge in [-0.25, -0.2) is 18.4 Å². The van der Waals surface area contributed by atoms with Gasteiger partial charge in [-0.1, -0.05) is 18.9 Å². The number of nitrogens with zero attached hydrogens (tertiary/aromatic N) is 5. The average Bonchev–Trinajstić information content (AvgIpc) is 3.79. The molecule has 4 atom stereocenters. The molecule has 0 unspecified atom stereocenters. The molecule has 3 fully saturated rings. The molecular weight excluding hydrogens is 642 g/mol. The van der Waals surface area contributed by atoms with Crippen molar-refractivity contribution in [3.63, 3.8) is 0 Å². The lowest BCUT2D eigenvalue weighted by Crippen LogP contribution is -2.46. The van der Waals surface area contributed by atoms with Crippen molar-refractivity contribution in [3.8, 4) is 5.75 Å². The zero-order valence-corrected chi connectivity index (χ0v) is 28.3. The van der Waals surface area contributed by atoms with Crippen molar-refractivity contribution in [1.82, 2.24) is 20.1 Å². The lowest BCUT2D eigenvalue weighted by atomic mass is 9.87. The number of ether oxygens (including phenoxy) is 2. The van der Waals surface area contributed by atoms with Gasteiger partial charge in [-0.05, 0) is 80.3 Å². The Hall–Kier alpha value is -4.55. The number of anilines is 2. The number of hydrogen-bond acceptors (Lipinski definition) is 8. The van der Waals surface area contributed by atoms with Crippen LogP contribution in [-0.2, 0) is 16.9 Å². The first kappa shape index (κ1) is 33.9. The fourth-order valence-corrected chi connectivity index (χ4v) is 7.56. The fraction of sp³-hybridized carbons (Fsp3) is 0.447. The van der Waals surface area contributed by atoms with Crippen LogP contribution in [0.15, 0.2) is 73.3 Å². The van der Waals surface area contributed by atoms with Crippen molar-refractivity contribution in [3.05, 3.63) is 102 Å². The number of aliphatic hydroxyl groups excluding tert-OH is 1. The molecule has 3 aromatic carbocycles. The first-order chi connectivity index (χ1) is 24.3. The minimum absolute atomic E-state index is 0.0108. The predicted octanol–water partition coefficient (Wildman–Crippen LogP) is 5.24. The van der Waals surface area contributed by atoms with Crippen molar-refractivity contribution in [2.45, 2.75) is 63.3 Å². The Morgan fingerprint density at radius 2 is 1.74 bits per heavy atom. The summed E-state index contributed by atoms with van der Waals surface area (Å²) in [6.07, 6.45) is 6.59. The third kappa shape index (κ3) is 7.46. The molecule has 0 radical (unpaired) electrons. The van der Waals surface area contributed by atoms with Gasteiger partial charge in [-0.2, -0.15) is 5.10 Å². The van der Waals surface area contributed by atoms with Gasteiger partial charge in [0, 0.05) is 60.7 Å². The van der Waals surface area contributed by atoms with Crippen LogP contribution in [-0.4, -0.2) is 77.3 Å². The number of halogens is 2. The van der Waals surface area contributed by atoms with Crippen molar-refractivity contribution in [2.24, 2.45) is 5.92 Å². The number of piperazine rings is 1. The molecule has 264 valence electrons. The molecule has 2 saturated heterocycles. The van der Waals surface area contributed by atoms with Gasteiger partial charge in [-0.3, -0.25) is 4.79 Å². The van der Waals surface area contributed by atoms with Crippen LogP contribution in [0.5, 0.6) is 5.75 Å². The first-order valence-electron chi connectivity index (χ1n) is 17.5. The Bertz CT molecular complexity index is 1770. The molecule has 1 aliphatic carbocycles. The summed E-state index contributed by atoms with van der Waals surface area (Å²) in [5.74, 6) is -0.637. The Kier molecular flexibility index (Phi) is 10.0. The monoisotopic (exact) mass is 686 g/mol. The summed E-state index contributed by atoms with van der Waals surface area (Å²) in [6, 6.07) is 17.4. The summed E-state index contributed by atoms with van der Waals surface area (Å²) < 4.78 is 42.9. The Labute approximate surface area is 291 Å². The molecule has 4 aromatic rings. The predicted molar refractivity (Wildman–Crippen MR) is 185 cm³/mol. The summed E-state index contributed by atoms with van der Waals surface area (Å²) >= 11 is 0. The van der Waals surface area contributed by atoms with Gasteiger partial charge in [-0.15, -0.1) is 0 Å². The average molecular weight is 687 g/mol. The molecule has 1 aromatic heterocycles. The Morgan fingerprint density at radius 1 is 1.00 bits per heavy atom. The molecule has 1 saturated carbocycles. The van der Waals surface area contributed by atoms with Crippen LogP contribution in [0.2, 0.25) is 0 Å². The second-order valence-electron chi connectivity index (χ2n) is 13.8. The molecule has 2 aliphatic heterocycles. The number of aryl methyl sites for hydroxylation is 1. The smallest absolute Gasteiger partial charge is 0.251 e. The molecule has 7 rings (SSSR count). The highest BCUT2D eigenvalue weighted by molar-refractivity contribution is 5.94. The highest BCUT2D eigenvalue weighted by atomic mass is 19.1. The SMILES string of the molecule is Cc1cc(N2CCN(c3ccc(C(=O)N[C@@H]4CCCC[C@@H]4O)cc3)CC2)ccc1OC[C@@H]1CO[C@@](Cn2cncn2)(c2ccc(F)cc2F)C1. The number of carbonyl (C=O) groups excluding carboxylic acids is 1. The van der Waals surface area contributed by atoms with Crippen molar-refractivity contribution >= 4 is 17.3 Å². The van der Waals surface area contributed by atoms with E-state index in [4.69, 9.17) is 9.47 Å². The lowest BCUT2D eigenvalue weighted by Gasteiger charge is -2.37. The Balaban J connectivity index is 0.920. The number of hydrogen-bond donors (Lipinski definition) is 2. The van der Waals surface area contributed by atoms with Gasteiger partial charge in [0.15, 0.2) is 0 Å². The zero-order chi connectivity index (χ0) is 34.7. The fourth-order valence-electron chi connectivity index (χ4n) is 7.56. The van der Waals surface area contributed by atoms with Gasteiger partial charge in [0.25, 0.3) is 5.91 Å². The van der Waals surface area contributed by atoms with Crippen LogP contribution >= 0.6 is 0 Å². The van der Waals surface area contributed by atoms with E-state index in [1.165, 1.54) is 18.5 Å². The van der Waals surface area contributed by atoms with Gasteiger partial charge in [0.1, 0.15) is 35.6 Å². The van der Waals surface area contributed by atoms with Crippen LogP contribution in [0.25, 0.3) is 0 Å². The maximum Gasteiger partial charge on any atom is 0.251 e. The summed E-state index contributed by atoms with van der Waals surface area (Å²) in [5.41, 5.74) is 3.13. The van der Waals surface area contributed by atoms with E-state index in [1.54, 1.807) is 11.0 Å². The van der Waals surface area contributed by atoms with Gasteiger partial charge in [0.05, 0.1) is 31.9 Å². The van der Waals surface area contributed by atoms with E-state index in [0.29, 0.717) is 30.8 Å². The van der Waals surface area contributed by atoms with E-state index < -0.39 is 23.3 Å². The number of aliphatic hydroxyl groups is 1. The van der Waals surface area contributed by atoms with Crippen LogP contribution in [0.1, 0.15) is 53.6 Å². The van der Waals surface area contributed by atoms with E-state index >= 15 is 4.39 Å². The van der Waals surface area contributed by atoms with Crippen LogP contribution < -0.4 is 19.9 Å². The number of amides is 1. The maximum absolute atomic E-state index is 15.0. The van der Waals surface area contributed by atoms with E-state index in [1.807, 2.05) is 37.3 Å². The lowest BCUT2D eigenvalue weighted by molar-refractivity contribution is -0.0206. The molecule has 3 heterocycles. The van der Waals surface area contributed by atoms with Crippen molar-refractivity contribution in [1.29, 1.82) is 0 Å². The highest BCUT2D eigenvalue weighted by Gasteiger charge is 2.44. The summed E-state index contributed by atoms with van der Waals surface area (Å²) in [7, 11) is 0. The molecule has 50 heavy (non-hydrogen) atoms. The molecule has 2 N–H and O–H groups in total. The first-order valence-corrected chi connectivity index (χ1v) is 17.5. The molecule has 10 nitrogen and oxygen atoms in total. The standard InChI is InChI=1S/C38H44F2N6O4/c1-26-18-31(45-16-14-44(15-17-45)30-9-6-28(7-10-30)37(48)43-34-4-2-3-5-35(34)47)11-13-36(26)49-21-27-20-38(50-22-27,23-46-25-41-24-42-46)32-12-8-29(39)19-33(32)40/h6-13,18-19,24-25,27,34-35,47H,2-5,14-17,20-23H2,1H3,(H,43,48)/t27-,34-,35+,38+/m1/s1. The third-order valence-corrected chi connectivity index (χ3v) is 10.3. The molecular formula is C38H44F2N6O4. The van der Waals surface area contributed by atoms with Crippen molar-refractivity contribution < 1.29 is 28.2 Å². The van der Waals surface area contributed by atoms with E-state index in [-0.39, 0.29) is 24.4 Å². The maximum atomic E-state index is 15.0. The third-order valence-electron chi connectivity index (χ3n) is 10.3. The van der Waals surface area contributed by atoms with Crippen molar-refractivity contribution in [2.75, 3.05) is 49.2 Å². The van der Waals surface area contributed by atoms with Crippen LogP contribution in [0.3, 0.4) is 0 Å². The highest BCUT2D eigenvalue weighted by Crippen LogP contribution is 2.42. The number of rotatable bonds is 10. The number of aromatic nitrogens is 3. The number of carbonyl (C=O) groups is 1. The zero-order valence-electron chi connectivity index (χ0n) is 28.3. The molecule has 3 aliphatic rings. The quantitative estimate of drug-likeness (QED) is 0.234. The minimum atomic E-state index is -1.02. The number of nitrogens with one attached hydrogen (secondary N) is 1.